The number of aryl methyl sites for hydroxylation is 1. The van der Waals surface area contributed by atoms with Crippen LogP contribution in [0.2, 0.25) is 0 Å². The molecule has 19 heavy (non-hydrogen) atoms. The molecule has 0 saturated carbocycles. The smallest absolute Gasteiger partial charge is 0.408 e. The summed E-state index contributed by atoms with van der Waals surface area (Å²) in [7, 11) is 0. The maximum atomic E-state index is 11.7. The molecule has 1 unspecified atom stereocenters. The van der Waals surface area contributed by atoms with Crippen LogP contribution in [0.3, 0.4) is 0 Å². The number of carbonyl (C=O) groups excluding carboxylic acids is 1. The number of ether oxygens (including phenoxy) is 1. The summed E-state index contributed by atoms with van der Waals surface area (Å²) < 4.78 is 5.27. The molecule has 1 aromatic carbocycles. The number of amides is 1. The Balaban J connectivity index is 1.97. The first kappa shape index (κ1) is 13.7. The Bertz CT molecular complexity index is 486. The molecule has 1 N–H and O–H groups in total. The summed E-state index contributed by atoms with van der Waals surface area (Å²) in [4.78, 5) is 11.7. The van der Waals surface area contributed by atoms with Crippen LogP contribution in [0.25, 0.3) is 6.08 Å². The van der Waals surface area contributed by atoms with E-state index in [0.29, 0.717) is 0 Å². The largest absolute Gasteiger partial charge is 0.444 e. The molecule has 3 heteroatoms. The molecule has 0 aromatic heterocycles. The second-order valence-corrected chi connectivity index (χ2v) is 5.85. The minimum absolute atomic E-state index is 0.0299. The van der Waals surface area contributed by atoms with Gasteiger partial charge in [0, 0.05) is 0 Å². The summed E-state index contributed by atoms with van der Waals surface area (Å²) in [5, 5.41) is 2.90. The highest BCUT2D eigenvalue weighted by Crippen LogP contribution is 2.18. The van der Waals surface area contributed by atoms with E-state index in [1.54, 1.807) is 0 Å². The number of alkyl carbamates (subject to hydrolysis) is 1. The van der Waals surface area contributed by atoms with Crippen molar-refractivity contribution >= 4 is 12.2 Å². The highest BCUT2D eigenvalue weighted by Gasteiger charge is 2.19. The number of benzene rings is 1. The zero-order chi connectivity index (χ0) is 13.9. The van der Waals surface area contributed by atoms with E-state index in [1.807, 2.05) is 39.0 Å². The third-order valence-electron chi connectivity index (χ3n) is 2.99. The Kier molecular flexibility index (Phi) is 3.93. The molecule has 102 valence electrons. The van der Waals surface area contributed by atoms with Crippen molar-refractivity contribution in [3.63, 3.8) is 0 Å². The van der Waals surface area contributed by atoms with Crippen molar-refractivity contribution in [2.24, 2.45) is 0 Å². The molecule has 0 aliphatic heterocycles. The average molecular weight is 259 g/mol. The Morgan fingerprint density at radius 1 is 1.32 bits per heavy atom. The highest BCUT2D eigenvalue weighted by atomic mass is 16.6. The van der Waals surface area contributed by atoms with Gasteiger partial charge in [0.1, 0.15) is 5.60 Å². The van der Waals surface area contributed by atoms with Crippen LogP contribution in [-0.4, -0.2) is 17.7 Å². The van der Waals surface area contributed by atoms with Crippen molar-refractivity contribution in [3.05, 3.63) is 41.5 Å². The van der Waals surface area contributed by atoms with Crippen LogP contribution >= 0.6 is 0 Å². The van der Waals surface area contributed by atoms with Gasteiger partial charge in [0.15, 0.2) is 0 Å². The summed E-state index contributed by atoms with van der Waals surface area (Å²) in [6, 6.07) is 8.35. The molecular formula is C16H21NO2. The fourth-order valence-electron chi connectivity index (χ4n) is 2.13. The molecule has 1 aromatic rings. The van der Waals surface area contributed by atoms with E-state index in [0.717, 1.165) is 12.8 Å². The van der Waals surface area contributed by atoms with Crippen molar-refractivity contribution in [2.75, 3.05) is 0 Å². The number of rotatable bonds is 1. The number of nitrogens with one attached hydrogen (secondary N) is 1. The lowest BCUT2D eigenvalue weighted by Gasteiger charge is -2.22. The van der Waals surface area contributed by atoms with Crippen LogP contribution in [0.15, 0.2) is 30.3 Å². The van der Waals surface area contributed by atoms with Gasteiger partial charge < -0.3 is 10.1 Å². The molecule has 0 spiro atoms. The minimum atomic E-state index is -0.457. The van der Waals surface area contributed by atoms with Gasteiger partial charge in [-0.3, -0.25) is 0 Å². The minimum Gasteiger partial charge on any atom is -0.444 e. The van der Waals surface area contributed by atoms with Crippen molar-refractivity contribution < 1.29 is 9.53 Å². The standard InChI is InChI=1S/C16H21NO2/c1-16(2,3)19-15(18)17-14-10-8-12-6-4-5-7-13(12)9-11-14/h4-8,10,14H,9,11H2,1-3H3,(H,17,18). The van der Waals surface area contributed by atoms with Gasteiger partial charge in [-0.1, -0.05) is 36.4 Å². The predicted octanol–water partition coefficient (Wildman–Crippen LogP) is 3.54. The van der Waals surface area contributed by atoms with Crippen LogP contribution in [0, 0.1) is 0 Å². The third-order valence-corrected chi connectivity index (χ3v) is 2.99. The normalized spacial score (nSPS) is 18.4. The molecule has 0 bridgehead atoms. The summed E-state index contributed by atoms with van der Waals surface area (Å²) in [5.74, 6) is 0. The van der Waals surface area contributed by atoms with Gasteiger partial charge in [0.2, 0.25) is 0 Å². The maximum absolute atomic E-state index is 11.7. The monoisotopic (exact) mass is 259 g/mol. The molecule has 3 nitrogen and oxygen atoms in total. The zero-order valence-electron chi connectivity index (χ0n) is 11.8. The molecule has 0 fully saturated rings. The van der Waals surface area contributed by atoms with Crippen LogP contribution in [0.4, 0.5) is 4.79 Å². The van der Waals surface area contributed by atoms with Crippen LogP contribution in [-0.2, 0) is 11.2 Å². The second kappa shape index (κ2) is 5.47. The SMILES string of the molecule is CC(C)(C)OC(=O)NC1C=Cc2ccccc2CC1. The maximum Gasteiger partial charge on any atom is 0.408 e. The number of hydrogen-bond donors (Lipinski definition) is 1. The van der Waals surface area contributed by atoms with Crippen molar-refractivity contribution in [2.45, 2.75) is 45.3 Å². The lowest BCUT2D eigenvalue weighted by atomic mass is 10.0. The molecule has 2 rings (SSSR count). The van der Waals surface area contributed by atoms with Crippen molar-refractivity contribution in [1.82, 2.24) is 5.32 Å². The third kappa shape index (κ3) is 4.12. The van der Waals surface area contributed by atoms with Crippen LogP contribution in [0.5, 0.6) is 0 Å². The van der Waals surface area contributed by atoms with Gasteiger partial charge in [-0.25, -0.2) is 4.79 Å². The average Bonchev–Trinajstić information content (AvgIpc) is 2.50. The zero-order valence-corrected chi connectivity index (χ0v) is 11.8. The van der Waals surface area contributed by atoms with Gasteiger partial charge >= 0.3 is 6.09 Å². The van der Waals surface area contributed by atoms with E-state index in [-0.39, 0.29) is 12.1 Å². The topological polar surface area (TPSA) is 38.3 Å². The molecule has 1 amide bonds. The second-order valence-electron chi connectivity index (χ2n) is 5.85. The molecule has 1 aliphatic carbocycles. The quantitative estimate of drug-likeness (QED) is 0.837. The van der Waals surface area contributed by atoms with E-state index in [1.165, 1.54) is 11.1 Å². The van der Waals surface area contributed by atoms with E-state index in [4.69, 9.17) is 4.74 Å². The first-order valence-corrected chi connectivity index (χ1v) is 6.70. The fourth-order valence-corrected chi connectivity index (χ4v) is 2.13. The summed E-state index contributed by atoms with van der Waals surface area (Å²) in [5.41, 5.74) is 2.10. The molecule has 0 radical (unpaired) electrons. The lowest BCUT2D eigenvalue weighted by Crippen LogP contribution is -2.38. The van der Waals surface area contributed by atoms with Gasteiger partial charge in [0.05, 0.1) is 6.04 Å². The van der Waals surface area contributed by atoms with Gasteiger partial charge in [0.25, 0.3) is 0 Å². The summed E-state index contributed by atoms with van der Waals surface area (Å²) >= 11 is 0. The summed E-state index contributed by atoms with van der Waals surface area (Å²) in [6.07, 6.45) is 5.62. The van der Waals surface area contributed by atoms with E-state index in [2.05, 4.69) is 23.5 Å². The van der Waals surface area contributed by atoms with E-state index < -0.39 is 5.60 Å². The summed E-state index contributed by atoms with van der Waals surface area (Å²) in [6.45, 7) is 5.60. The van der Waals surface area contributed by atoms with E-state index in [9.17, 15) is 4.79 Å². The molecule has 0 heterocycles. The highest BCUT2D eigenvalue weighted by molar-refractivity contribution is 5.69. The number of fused-ring (bicyclic) bond motifs is 1. The fraction of sp³-hybridized carbons (Fsp3) is 0.438. The first-order chi connectivity index (χ1) is 8.94. The Hall–Kier alpha value is -1.77. The van der Waals surface area contributed by atoms with Gasteiger partial charge in [-0.05, 0) is 44.7 Å². The Morgan fingerprint density at radius 2 is 2.05 bits per heavy atom. The van der Waals surface area contributed by atoms with Gasteiger partial charge in [-0.2, -0.15) is 0 Å². The molecule has 1 aliphatic rings. The number of hydrogen-bond acceptors (Lipinski definition) is 2. The Labute approximate surface area is 114 Å². The number of carbonyl (C=O) groups is 1. The van der Waals surface area contributed by atoms with E-state index >= 15 is 0 Å². The molecule has 1 atom stereocenters. The van der Waals surface area contributed by atoms with Crippen molar-refractivity contribution in [1.29, 1.82) is 0 Å². The van der Waals surface area contributed by atoms with Crippen LogP contribution in [0.1, 0.15) is 38.3 Å². The Morgan fingerprint density at radius 3 is 2.79 bits per heavy atom. The van der Waals surface area contributed by atoms with Crippen molar-refractivity contribution in [3.8, 4) is 0 Å². The molecular weight excluding hydrogens is 238 g/mol. The van der Waals surface area contributed by atoms with Gasteiger partial charge in [-0.15, -0.1) is 0 Å². The predicted molar refractivity (Wildman–Crippen MR) is 77.0 cm³/mol. The lowest BCUT2D eigenvalue weighted by molar-refractivity contribution is 0.0513. The van der Waals surface area contributed by atoms with Crippen LogP contribution < -0.4 is 5.32 Å². The molecule has 0 saturated heterocycles. The first-order valence-electron chi connectivity index (χ1n) is 6.70.